The highest BCUT2D eigenvalue weighted by Gasteiger charge is 2.34. The Morgan fingerprint density at radius 3 is 2.13 bits per heavy atom. The molecule has 1 atom stereocenters. The Bertz CT molecular complexity index is 613. The molecule has 0 saturated carbocycles. The van der Waals surface area contributed by atoms with E-state index in [1.165, 1.54) is 37.8 Å². The van der Waals surface area contributed by atoms with Gasteiger partial charge in [-0.05, 0) is 12.8 Å². The fourth-order valence-corrected chi connectivity index (χ4v) is 4.36. The van der Waals surface area contributed by atoms with Gasteiger partial charge in [0, 0.05) is 31.3 Å². The third-order valence-electron chi connectivity index (χ3n) is 3.69. The Balaban J connectivity index is 0.00000264. The summed E-state index contributed by atoms with van der Waals surface area (Å²) in [6.07, 6.45) is 1.56. The average Bonchev–Trinajstić information content (AvgIpc) is 2.53. The fourth-order valence-electron chi connectivity index (χ4n) is 2.55. The molecule has 1 unspecified atom stereocenters. The molecule has 0 amide bonds. The molecule has 1 aromatic rings. The molecule has 1 aliphatic heterocycles. The van der Waals surface area contributed by atoms with Crippen molar-refractivity contribution in [1.29, 1.82) is 0 Å². The second-order valence-electron chi connectivity index (χ2n) is 5.13. The molecular weight excluding hydrogens is 344 g/mol. The summed E-state index contributed by atoms with van der Waals surface area (Å²) in [4.78, 5) is 0.00685. The number of hydrogen-bond acceptors (Lipinski definition) is 6. The minimum absolute atomic E-state index is 0. The summed E-state index contributed by atoms with van der Waals surface area (Å²) in [5, 5.41) is 0. The molecule has 1 saturated heterocycles. The molecule has 2 N–H and O–H groups in total. The molecule has 0 aliphatic carbocycles. The Morgan fingerprint density at radius 1 is 1.13 bits per heavy atom. The predicted octanol–water partition coefficient (Wildman–Crippen LogP) is 1.25. The van der Waals surface area contributed by atoms with Gasteiger partial charge >= 0.3 is 0 Å². The maximum Gasteiger partial charge on any atom is 0.250 e. The standard InChI is InChI=1S/C14H22N2O5S.ClH/c1-19-11-7-12(20-2)14(13(8-11)21-3)22(17,18)16-6-4-5-10(15)9-16;/h7-8,10H,4-6,9,15H2,1-3H3;1H. The summed E-state index contributed by atoms with van der Waals surface area (Å²) in [5.74, 6) is 0.841. The lowest BCUT2D eigenvalue weighted by atomic mass is 10.1. The molecule has 0 bridgehead atoms. The van der Waals surface area contributed by atoms with E-state index in [2.05, 4.69) is 0 Å². The first kappa shape index (κ1) is 19.8. The number of methoxy groups -OCH3 is 3. The summed E-state index contributed by atoms with van der Waals surface area (Å²) in [5.41, 5.74) is 5.90. The summed E-state index contributed by atoms with van der Waals surface area (Å²) < 4.78 is 42.9. The number of nitrogens with zero attached hydrogens (tertiary/aromatic N) is 1. The number of benzene rings is 1. The van der Waals surface area contributed by atoms with Gasteiger partial charge in [-0.1, -0.05) is 0 Å². The van der Waals surface area contributed by atoms with E-state index in [1.807, 2.05) is 0 Å². The minimum Gasteiger partial charge on any atom is -0.496 e. The molecule has 23 heavy (non-hydrogen) atoms. The van der Waals surface area contributed by atoms with Crippen molar-refractivity contribution in [2.45, 2.75) is 23.8 Å². The van der Waals surface area contributed by atoms with Crippen molar-refractivity contribution in [1.82, 2.24) is 4.31 Å². The highest BCUT2D eigenvalue weighted by molar-refractivity contribution is 7.89. The largest absolute Gasteiger partial charge is 0.496 e. The van der Waals surface area contributed by atoms with E-state index < -0.39 is 10.0 Å². The normalized spacial score (nSPS) is 18.9. The predicted molar refractivity (Wildman–Crippen MR) is 89.3 cm³/mol. The zero-order valence-electron chi connectivity index (χ0n) is 13.4. The van der Waals surface area contributed by atoms with Crippen LogP contribution in [0, 0.1) is 0 Å². The molecule has 1 heterocycles. The second-order valence-corrected chi connectivity index (χ2v) is 7.00. The maximum absolute atomic E-state index is 13.0. The van der Waals surface area contributed by atoms with Crippen LogP contribution >= 0.6 is 12.4 Å². The molecule has 9 heteroatoms. The first-order chi connectivity index (χ1) is 10.4. The van der Waals surface area contributed by atoms with Gasteiger partial charge in [-0.25, -0.2) is 8.42 Å². The monoisotopic (exact) mass is 366 g/mol. The number of ether oxygens (including phenoxy) is 3. The lowest BCUT2D eigenvalue weighted by Gasteiger charge is -2.30. The van der Waals surface area contributed by atoms with E-state index in [9.17, 15) is 8.42 Å². The molecule has 0 radical (unpaired) electrons. The van der Waals surface area contributed by atoms with Crippen LogP contribution in [0.2, 0.25) is 0 Å². The zero-order valence-corrected chi connectivity index (χ0v) is 15.1. The van der Waals surface area contributed by atoms with Crippen LogP contribution < -0.4 is 19.9 Å². The van der Waals surface area contributed by atoms with Gasteiger partial charge in [-0.3, -0.25) is 0 Å². The minimum atomic E-state index is -3.76. The summed E-state index contributed by atoms with van der Waals surface area (Å²) in [7, 11) is 0.558. The number of hydrogen-bond donors (Lipinski definition) is 1. The first-order valence-electron chi connectivity index (χ1n) is 6.99. The number of nitrogens with two attached hydrogens (primary N) is 1. The molecule has 1 fully saturated rings. The van der Waals surface area contributed by atoms with E-state index in [4.69, 9.17) is 19.9 Å². The van der Waals surface area contributed by atoms with Crippen LogP contribution in [-0.2, 0) is 10.0 Å². The van der Waals surface area contributed by atoms with Crippen molar-refractivity contribution < 1.29 is 22.6 Å². The smallest absolute Gasteiger partial charge is 0.250 e. The topological polar surface area (TPSA) is 91.1 Å². The molecule has 7 nitrogen and oxygen atoms in total. The number of sulfonamides is 1. The van der Waals surface area contributed by atoms with E-state index in [0.717, 1.165) is 12.8 Å². The third-order valence-corrected chi connectivity index (χ3v) is 5.62. The SMILES string of the molecule is COc1cc(OC)c(S(=O)(=O)N2CCCC(N)C2)c(OC)c1.Cl. The molecular formula is C14H23ClN2O5S. The molecule has 1 aliphatic rings. The van der Waals surface area contributed by atoms with Crippen molar-refractivity contribution in [2.24, 2.45) is 5.73 Å². The van der Waals surface area contributed by atoms with Crippen LogP contribution in [0.3, 0.4) is 0 Å². The third kappa shape index (κ3) is 4.00. The maximum atomic E-state index is 13.0. The van der Waals surface area contributed by atoms with E-state index >= 15 is 0 Å². The van der Waals surface area contributed by atoms with Gasteiger partial charge in [0.15, 0.2) is 4.90 Å². The summed E-state index contributed by atoms with van der Waals surface area (Å²) in [6, 6.07) is 2.90. The molecule has 1 aromatic carbocycles. The van der Waals surface area contributed by atoms with Crippen molar-refractivity contribution >= 4 is 22.4 Å². The number of halogens is 1. The number of piperidine rings is 1. The van der Waals surface area contributed by atoms with Gasteiger partial charge in [0.1, 0.15) is 17.2 Å². The Kier molecular flexibility index (Phi) is 6.94. The zero-order chi connectivity index (χ0) is 16.3. The van der Waals surface area contributed by atoms with E-state index in [-0.39, 0.29) is 34.8 Å². The number of rotatable bonds is 5. The lowest BCUT2D eigenvalue weighted by Crippen LogP contribution is -2.45. The fraction of sp³-hybridized carbons (Fsp3) is 0.571. The van der Waals surface area contributed by atoms with Gasteiger partial charge in [0.05, 0.1) is 21.3 Å². The van der Waals surface area contributed by atoms with Crippen LogP contribution in [0.5, 0.6) is 17.2 Å². The molecule has 2 rings (SSSR count). The average molecular weight is 367 g/mol. The van der Waals surface area contributed by atoms with E-state index in [1.54, 1.807) is 0 Å². The van der Waals surface area contributed by atoms with Crippen LogP contribution in [-0.4, -0.2) is 53.2 Å². The van der Waals surface area contributed by atoms with Crippen molar-refractivity contribution in [3.8, 4) is 17.2 Å². The highest BCUT2D eigenvalue weighted by atomic mass is 35.5. The van der Waals surface area contributed by atoms with Crippen molar-refractivity contribution in [2.75, 3.05) is 34.4 Å². The Labute approximate surface area is 143 Å². The molecule has 132 valence electrons. The first-order valence-corrected chi connectivity index (χ1v) is 8.43. The van der Waals surface area contributed by atoms with Crippen LogP contribution in [0.15, 0.2) is 17.0 Å². The van der Waals surface area contributed by atoms with Gasteiger partial charge in [0.25, 0.3) is 10.0 Å². The van der Waals surface area contributed by atoms with Crippen LogP contribution in [0.4, 0.5) is 0 Å². The highest BCUT2D eigenvalue weighted by Crippen LogP contribution is 2.39. The van der Waals surface area contributed by atoms with Gasteiger partial charge in [0.2, 0.25) is 0 Å². The summed E-state index contributed by atoms with van der Waals surface area (Å²) >= 11 is 0. The Hall–Kier alpha value is -1.22. The molecule has 0 aromatic heterocycles. The second kappa shape index (κ2) is 8.05. The van der Waals surface area contributed by atoms with Gasteiger partial charge in [-0.15, -0.1) is 12.4 Å². The molecule has 0 spiro atoms. The van der Waals surface area contributed by atoms with Gasteiger partial charge in [-0.2, -0.15) is 4.31 Å². The van der Waals surface area contributed by atoms with Crippen LogP contribution in [0.25, 0.3) is 0 Å². The lowest BCUT2D eigenvalue weighted by molar-refractivity contribution is 0.310. The Morgan fingerprint density at radius 2 is 1.70 bits per heavy atom. The van der Waals surface area contributed by atoms with Crippen molar-refractivity contribution in [3.05, 3.63) is 12.1 Å². The van der Waals surface area contributed by atoms with E-state index in [0.29, 0.717) is 18.8 Å². The quantitative estimate of drug-likeness (QED) is 0.843. The van der Waals surface area contributed by atoms with Crippen molar-refractivity contribution in [3.63, 3.8) is 0 Å². The summed E-state index contributed by atoms with van der Waals surface area (Å²) in [6.45, 7) is 0.731. The van der Waals surface area contributed by atoms with Crippen LogP contribution in [0.1, 0.15) is 12.8 Å². The van der Waals surface area contributed by atoms with Gasteiger partial charge < -0.3 is 19.9 Å².